The average Bonchev–Trinajstić information content (AvgIpc) is 3.19. The number of ketones is 1. The summed E-state index contributed by atoms with van der Waals surface area (Å²) in [5, 5.41) is 14.8. The molecule has 8 nitrogen and oxygen atoms in total. The van der Waals surface area contributed by atoms with Crippen LogP contribution in [-0.2, 0) is 4.79 Å². The molecular weight excluding hydrogens is 424 g/mol. The second-order valence-corrected chi connectivity index (χ2v) is 8.66. The summed E-state index contributed by atoms with van der Waals surface area (Å²) < 4.78 is 11.3. The van der Waals surface area contributed by atoms with E-state index >= 15 is 0 Å². The predicted octanol–water partition coefficient (Wildman–Crippen LogP) is 3.90. The summed E-state index contributed by atoms with van der Waals surface area (Å²) in [5.41, 5.74) is 2.91. The van der Waals surface area contributed by atoms with Crippen LogP contribution in [-0.4, -0.2) is 41.4 Å². The molecule has 0 saturated heterocycles. The van der Waals surface area contributed by atoms with Crippen molar-refractivity contribution in [2.75, 3.05) is 30.1 Å². The van der Waals surface area contributed by atoms with E-state index in [1.807, 2.05) is 25.1 Å². The fourth-order valence-electron chi connectivity index (χ4n) is 2.82. The first-order chi connectivity index (χ1) is 14.5. The number of anilines is 3. The van der Waals surface area contributed by atoms with Crippen LogP contribution in [0.5, 0.6) is 11.5 Å². The number of hydrogen-bond acceptors (Lipinski definition) is 9. The second-order valence-electron chi connectivity index (χ2n) is 6.46. The Hall–Kier alpha value is -3.11. The van der Waals surface area contributed by atoms with E-state index in [4.69, 9.17) is 9.47 Å². The maximum Gasteiger partial charge on any atom is 0.262 e. The SMILES string of the molecule is COc1ccc(C)cc1Nc1nnc(SCC(=O)c2ccc3c(c2)NC(=O)CO3)s1. The highest BCUT2D eigenvalue weighted by molar-refractivity contribution is 8.01. The summed E-state index contributed by atoms with van der Waals surface area (Å²) in [6.07, 6.45) is 0. The first-order valence-electron chi connectivity index (χ1n) is 8.99. The minimum atomic E-state index is -0.236. The van der Waals surface area contributed by atoms with Gasteiger partial charge in [-0.2, -0.15) is 0 Å². The van der Waals surface area contributed by atoms with Crippen molar-refractivity contribution < 1.29 is 19.1 Å². The topological polar surface area (TPSA) is 102 Å². The van der Waals surface area contributed by atoms with Crippen LogP contribution in [0, 0.1) is 6.92 Å². The Labute approximate surface area is 181 Å². The van der Waals surface area contributed by atoms with Gasteiger partial charge < -0.3 is 20.1 Å². The van der Waals surface area contributed by atoms with Crippen molar-refractivity contribution in [1.29, 1.82) is 0 Å². The summed E-state index contributed by atoms with van der Waals surface area (Å²) in [6, 6.07) is 10.8. The molecule has 0 aliphatic carbocycles. The third kappa shape index (κ3) is 4.55. The van der Waals surface area contributed by atoms with Gasteiger partial charge in [0.1, 0.15) is 11.5 Å². The zero-order valence-corrected chi connectivity index (χ0v) is 17.9. The molecule has 154 valence electrons. The molecule has 0 atom stereocenters. The number of ether oxygens (including phenoxy) is 2. The van der Waals surface area contributed by atoms with Crippen LogP contribution in [0.2, 0.25) is 0 Å². The van der Waals surface area contributed by atoms with E-state index in [1.165, 1.54) is 23.1 Å². The molecule has 3 aromatic rings. The van der Waals surface area contributed by atoms with Crippen LogP contribution in [0.1, 0.15) is 15.9 Å². The van der Waals surface area contributed by atoms with E-state index < -0.39 is 0 Å². The van der Waals surface area contributed by atoms with Gasteiger partial charge in [-0.25, -0.2) is 0 Å². The summed E-state index contributed by atoms with van der Waals surface area (Å²) in [6.45, 7) is 1.98. The van der Waals surface area contributed by atoms with Gasteiger partial charge in [0.2, 0.25) is 5.13 Å². The molecule has 0 spiro atoms. The number of amides is 1. The Kier molecular flexibility index (Phi) is 5.86. The molecule has 1 aliphatic rings. The summed E-state index contributed by atoms with van der Waals surface area (Å²) >= 11 is 2.67. The van der Waals surface area contributed by atoms with Crippen LogP contribution in [0.15, 0.2) is 40.7 Å². The molecule has 1 amide bonds. The van der Waals surface area contributed by atoms with E-state index in [-0.39, 0.29) is 24.1 Å². The van der Waals surface area contributed by atoms with Crippen molar-refractivity contribution in [3.63, 3.8) is 0 Å². The number of nitrogens with one attached hydrogen (secondary N) is 2. The molecule has 0 radical (unpaired) electrons. The first kappa shape index (κ1) is 20.2. The highest BCUT2D eigenvalue weighted by Gasteiger charge is 2.18. The molecule has 0 bridgehead atoms. The van der Waals surface area contributed by atoms with Gasteiger partial charge in [-0.05, 0) is 42.8 Å². The Bertz CT molecular complexity index is 1120. The largest absolute Gasteiger partial charge is 0.495 e. The number of aryl methyl sites for hydroxylation is 1. The molecule has 30 heavy (non-hydrogen) atoms. The van der Waals surface area contributed by atoms with Crippen molar-refractivity contribution in [2.24, 2.45) is 0 Å². The molecule has 10 heteroatoms. The molecule has 2 aromatic carbocycles. The monoisotopic (exact) mass is 442 g/mol. The van der Waals surface area contributed by atoms with E-state index in [0.717, 1.165) is 11.3 Å². The number of Topliss-reactive ketones (excluding diaryl/α,β-unsaturated/α-hetero) is 1. The van der Waals surface area contributed by atoms with Gasteiger partial charge in [-0.1, -0.05) is 29.2 Å². The molecule has 2 heterocycles. The normalized spacial score (nSPS) is 12.5. The van der Waals surface area contributed by atoms with Crippen molar-refractivity contribution in [3.05, 3.63) is 47.5 Å². The third-order valence-corrected chi connectivity index (χ3v) is 6.24. The molecular formula is C20H18N4O4S2. The van der Waals surface area contributed by atoms with Crippen LogP contribution >= 0.6 is 23.1 Å². The van der Waals surface area contributed by atoms with Gasteiger partial charge in [-0.15, -0.1) is 10.2 Å². The summed E-state index contributed by atoms with van der Waals surface area (Å²) in [7, 11) is 1.61. The van der Waals surface area contributed by atoms with Crippen molar-refractivity contribution in [3.8, 4) is 11.5 Å². The van der Waals surface area contributed by atoms with E-state index in [9.17, 15) is 9.59 Å². The lowest BCUT2D eigenvalue weighted by Crippen LogP contribution is -2.25. The Morgan fingerprint density at radius 2 is 2.17 bits per heavy atom. The van der Waals surface area contributed by atoms with Crippen molar-refractivity contribution in [1.82, 2.24) is 10.2 Å². The molecule has 4 rings (SSSR count). The minimum absolute atomic E-state index is 0.0159. The minimum Gasteiger partial charge on any atom is -0.495 e. The van der Waals surface area contributed by atoms with E-state index in [2.05, 4.69) is 20.8 Å². The van der Waals surface area contributed by atoms with Gasteiger partial charge in [0, 0.05) is 5.56 Å². The number of carbonyl (C=O) groups excluding carboxylic acids is 2. The molecule has 1 aliphatic heterocycles. The summed E-state index contributed by atoms with van der Waals surface area (Å²) in [5.74, 6) is 1.16. The van der Waals surface area contributed by atoms with Gasteiger partial charge >= 0.3 is 0 Å². The van der Waals surface area contributed by atoms with Crippen molar-refractivity contribution in [2.45, 2.75) is 11.3 Å². The molecule has 0 fully saturated rings. The third-order valence-electron chi connectivity index (χ3n) is 4.26. The van der Waals surface area contributed by atoms with Crippen molar-refractivity contribution >= 4 is 51.3 Å². The molecule has 0 unspecified atom stereocenters. The summed E-state index contributed by atoms with van der Waals surface area (Å²) in [4.78, 5) is 24.0. The lowest BCUT2D eigenvalue weighted by Gasteiger charge is -2.18. The lowest BCUT2D eigenvalue weighted by molar-refractivity contribution is -0.118. The second kappa shape index (κ2) is 8.72. The number of aromatic nitrogens is 2. The predicted molar refractivity (Wildman–Crippen MR) is 117 cm³/mol. The fourth-order valence-corrected chi connectivity index (χ4v) is 4.48. The average molecular weight is 443 g/mol. The molecule has 0 saturated carbocycles. The van der Waals surface area contributed by atoms with Crippen LogP contribution in [0.3, 0.4) is 0 Å². The Balaban J connectivity index is 1.39. The number of rotatable bonds is 7. The Morgan fingerprint density at radius 1 is 1.30 bits per heavy atom. The van der Waals surface area contributed by atoms with Crippen LogP contribution in [0.4, 0.5) is 16.5 Å². The number of thioether (sulfide) groups is 1. The maximum atomic E-state index is 12.6. The van der Waals surface area contributed by atoms with Gasteiger partial charge in [0.25, 0.3) is 5.91 Å². The Morgan fingerprint density at radius 3 is 3.00 bits per heavy atom. The molecule has 2 N–H and O–H groups in total. The molecule has 1 aromatic heterocycles. The fraction of sp³-hybridized carbons (Fsp3) is 0.200. The van der Waals surface area contributed by atoms with Crippen LogP contribution in [0.25, 0.3) is 0 Å². The highest BCUT2D eigenvalue weighted by Crippen LogP contribution is 2.33. The number of methoxy groups -OCH3 is 1. The van der Waals surface area contributed by atoms with Gasteiger partial charge in [0.05, 0.1) is 24.2 Å². The van der Waals surface area contributed by atoms with Gasteiger partial charge in [0.15, 0.2) is 16.7 Å². The zero-order valence-electron chi connectivity index (χ0n) is 16.2. The van der Waals surface area contributed by atoms with E-state index in [1.54, 1.807) is 25.3 Å². The lowest BCUT2D eigenvalue weighted by atomic mass is 10.1. The smallest absolute Gasteiger partial charge is 0.262 e. The standard InChI is InChI=1S/C20H18N4O4S2/c1-11-3-5-16(27-2)13(7-11)22-19-23-24-20(30-19)29-10-15(25)12-4-6-17-14(8-12)21-18(26)9-28-17/h3-8H,9-10H2,1-2H3,(H,21,26)(H,22,23). The van der Waals surface area contributed by atoms with E-state index in [0.29, 0.717) is 32.2 Å². The first-order valence-corrected chi connectivity index (χ1v) is 10.8. The number of benzene rings is 2. The maximum absolute atomic E-state index is 12.6. The number of fused-ring (bicyclic) bond motifs is 1. The quantitative estimate of drug-likeness (QED) is 0.419. The highest BCUT2D eigenvalue weighted by atomic mass is 32.2. The number of carbonyl (C=O) groups is 2. The van der Waals surface area contributed by atoms with Gasteiger partial charge in [-0.3, -0.25) is 9.59 Å². The number of hydrogen-bond donors (Lipinski definition) is 2. The zero-order chi connectivity index (χ0) is 21.1. The van der Waals surface area contributed by atoms with Crippen LogP contribution < -0.4 is 20.1 Å². The number of nitrogens with zero attached hydrogens (tertiary/aromatic N) is 2.